The van der Waals surface area contributed by atoms with Crippen LogP contribution >= 0.6 is 11.6 Å². The summed E-state index contributed by atoms with van der Waals surface area (Å²) in [6.45, 7) is 0.913. The Morgan fingerprint density at radius 1 is 1.29 bits per heavy atom. The number of nitrogens with one attached hydrogen (secondary N) is 2. The molecule has 2 N–H and O–H groups in total. The first-order chi connectivity index (χ1) is 10.1. The maximum Gasteiger partial charge on any atom is 0.231 e. The van der Waals surface area contributed by atoms with Crippen LogP contribution in [0, 0.1) is 5.92 Å². The van der Waals surface area contributed by atoms with Crippen molar-refractivity contribution < 1.29 is 19.0 Å². The average Bonchev–Trinajstić information content (AvgIpc) is 2.97. The summed E-state index contributed by atoms with van der Waals surface area (Å²) < 4.78 is 15.7. The number of anilines is 1. The number of ether oxygens (including phenoxy) is 3. The standard InChI is InChI=1S/C14H19ClN2O4/c1-16-11-7-21-6-8(11)14(18)17-10-5-13(20-3)12(19-2)4-9(10)15/h4-5,8,11,16H,6-7H2,1-3H3,(H,17,18). The van der Waals surface area contributed by atoms with Crippen molar-refractivity contribution in [2.75, 3.05) is 39.8 Å². The van der Waals surface area contributed by atoms with Crippen molar-refractivity contribution in [3.63, 3.8) is 0 Å². The first kappa shape index (κ1) is 15.9. The van der Waals surface area contributed by atoms with E-state index in [4.69, 9.17) is 25.8 Å². The summed E-state index contributed by atoms with van der Waals surface area (Å²) >= 11 is 6.16. The number of likely N-dealkylation sites (N-methyl/N-ethyl adjacent to an activating group) is 1. The molecule has 2 unspecified atom stereocenters. The molecule has 0 radical (unpaired) electrons. The third-order valence-electron chi connectivity index (χ3n) is 3.52. The molecule has 1 aliphatic heterocycles. The van der Waals surface area contributed by atoms with Crippen molar-refractivity contribution in [2.45, 2.75) is 6.04 Å². The van der Waals surface area contributed by atoms with Gasteiger partial charge in [0.2, 0.25) is 5.91 Å². The second-order valence-electron chi connectivity index (χ2n) is 4.72. The molecule has 116 valence electrons. The fourth-order valence-corrected chi connectivity index (χ4v) is 2.47. The summed E-state index contributed by atoms with van der Waals surface area (Å²) in [4.78, 5) is 12.3. The maximum absolute atomic E-state index is 12.3. The van der Waals surface area contributed by atoms with Crippen LogP contribution in [0.25, 0.3) is 0 Å². The Morgan fingerprint density at radius 2 is 1.95 bits per heavy atom. The van der Waals surface area contributed by atoms with Gasteiger partial charge in [-0.15, -0.1) is 0 Å². The number of carbonyl (C=O) groups excluding carboxylic acids is 1. The molecule has 1 saturated heterocycles. The fraction of sp³-hybridized carbons (Fsp3) is 0.500. The molecular formula is C14H19ClN2O4. The quantitative estimate of drug-likeness (QED) is 0.862. The predicted molar refractivity (Wildman–Crippen MR) is 80.3 cm³/mol. The Balaban J connectivity index is 2.17. The van der Waals surface area contributed by atoms with E-state index in [0.29, 0.717) is 35.4 Å². The molecule has 2 atom stereocenters. The van der Waals surface area contributed by atoms with Gasteiger partial charge in [0, 0.05) is 18.2 Å². The van der Waals surface area contributed by atoms with Crippen LogP contribution in [0.5, 0.6) is 11.5 Å². The van der Waals surface area contributed by atoms with Gasteiger partial charge in [-0.2, -0.15) is 0 Å². The number of rotatable bonds is 5. The topological polar surface area (TPSA) is 68.8 Å². The van der Waals surface area contributed by atoms with Crippen molar-refractivity contribution in [1.82, 2.24) is 5.32 Å². The van der Waals surface area contributed by atoms with Gasteiger partial charge < -0.3 is 24.8 Å². The molecule has 1 aromatic rings. The lowest BCUT2D eigenvalue weighted by atomic mass is 10.0. The molecule has 0 spiro atoms. The first-order valence-corrected chi connectivity index (χ1v) is 6.96. The summed E-state index contributed by atoms with van der Waals surface area (Å²) in [5, 5.41) is 6.28. The van der Waals surface area contributed by atoms with Gasteiger partial charge in [-0.25, -0.2) is 0 Å². The van der Waals surface area contributed by atoms with E-state index in [1.54, 1.807) is 12.1 Å². The molecule has 1 amide bonds. The zero-order valence-electron chi connectivity index (χ0n) is 12.2. The minimum Gasteiger partial charge on any atom is -0.493 e. The van der Waals surface area contributed by atoms with Gasteiger partial charge in [0.15, 0.2) is 11.5 Å². The zero-order valence-corrected chi connectivity index (χ0v) is 13.0. The Kier molecular flexibility index (Phi) is 5.27. The maximum atomic E-state index is 12.3. The van der Waals surface area contributed by atoms with E-state index < -0.39 is 0 Å². The van der Waals surface area contributed by atoms with E-state index in [1.165, 1.54) is 14.2 Å². The molecule has 1 aromatic carbocycles. The number of benzene rings is 1. The highest BCUT2D eigenvalue weighted by Crippen LogP contribution is 2.36. The number of hydrogen-bond donors (Lipinski definition) is 2. The summed E-state index contributed by atoms with van der Waals surface area (Å²) in [5.41, 5.74) is 0.487. The highest BCUT2D eigenvalue weighted by Gasteiger charge is 2.33. The number of methoxy groups -OCH3 is 2. The molecule has 0 aliphatic carbocycles. The van der Waals surface area contributed by atoms with Crippen LogP contribution in [-0.2, 0) is 9.53 Å². The zero-order chi connectivity index (χ0) is 15.4. The van der Waals surface area contributed by atoms with Gasteiger partial charge in [-0.1, -0.05) is 11.6 Å². The van der Waals surface area contributed by atoms with Crippen LogP contribution in [0.4, 0.5) is 5.69 Å². The van der Waals surface area contributed by atoms with Crippen molar-refractivity contribution in [2.24, 2.45) is 5.92 Å². The smallest absolute Gasteiger partial charge is 0.231 e. The summed E-state index contributed by atoms with van der Waals surface area (Å²) in [5.74, 6) is 0.628. The van der Waals surface area contributed by atoms with Crippen LogP contribution in [0.1, 0.15) is 0 Å². The third kappa shape index (κ3) is 3.40. The van der Waals surface area contributed by atoms with Crippen LogP contribution < -0.4 is 20.1 Å². The molecule has 0 aromatic heterocycles. The van der Waals surface area contributed by atoms with Crippen LogP contribution in [0.15, 0.2) is 12.1 Å². The lowest BCUT2D eigenvalue weighted by molar-refractivity contribution is -0.120. The Labute approximate surface area is 128 Å². The van der Waals surface area contributed by atoms with Crippen LogP contribution in [0.3, 0.4) is 0 Å². The van der Waals surface area contributed by atoms with Crippen molar-refractivity contribution >= 4 is 23.2 Å². The normalized spacial score (nSPS) is 21.1. The molecule has 7 heteroatoms. The van der Waals surface area contributed by atoms with E-state index in [-0.39, 0.29) is 17.9 Å². The monoisotopic (exact) mass is 314 g/mol. The minimum absolute atomic E-state index is 0.00363. The number of halogens is 1. The Hall–Kier alpha value is -1.50. The van der Waals surface area contributed by atoms with Crippen molar-refractivity contribution in [3.05, 3.63) is 17.2 Å². The van der Waals surface area contributed by atoms with Crippen LogP contribution in [0.2, 0.25) is 5.02 Å². The SMILES string of the molecule is CNC1COCC1C(=O)Nc1cc(OC)c(OC)cc1Cl. The highest BCUT2D eigenvalue weighted by atomic mass is 35.5. The van der Waals surface area contributed by atoms with E-state index >= 15 is 0 Å². The molecule has 1 heterocycles. The highest BCUT2D eigenvalue weighted by molar-refractivity contribution is 6.34. The first-order valence-electron chi connectivity index (χ1n) is 6.58. The van der Waals surface area contributed by atoms with Crippen LogP contribution in [-0.4, -0.2) is 46.4 Å². The van der Waals surface area contributed by atoms with Gasteiger partial charge in [0.25, 0.3) is 0 Å². The molecule has 0 saturated carbocycles. The number of hydrogen-bond acceptors (Lipinski definition) is 5. The van der Waals surface area contributed by atoms with E-state index in [1.807, 2.05) is 7.05 Å². The van der Waals surface area contributed by atoms with E-state index in [2.05, 4.69) is 10.6 Å². The van der Waals surface area contributed by atoms with Crippen molar-refractivity contribution in [1.29, 1.82) is 0 Å². The Morgan fingerprint density at radius 3 is 2.57 bits per heavy atom. The largest absolute Gasteiger partial charge is 0.493 e. The molecule has 21 heavy (non-hydrogen) atoms. The molecule has 1 fully saturated rings. The van der Waals surface area contributed by atoms with Gasteiger partial charge in [0.1, 0.15) is 0 Å². The Bertz CT molecular complexity index is 524. The second kappa shape index (κ2) is 6.98. The second-order valence-corrected chi connectivity index (χ2v) is 5.12. The average molecular weight is 315 g/mol. The lowest BCUT2D eigenvalue weighted by Gasteiger charge is -2.18. The third-order valence-corrected chi connectivity index (χ3v) is 3.83. The van der Waals surface area contributed by atoms with Gasteiger partial charge in [-0.05, 0) is 7.05 Å². The number of carbonyl (C=O) groups is 1. The molecule has 1 aliphatic rings. The molecule has 0 bridgehead atoms. The summed E-state index contributed by atoms with van der Waals surface area (Å²) in [7, 11) is 4.86. The summed E-state index contributed by atoms with van der Waals surface area (Å²) in [6, 6.07) is 3.25. The van der Waals surface area contributed by atoms with E-state index in [0.717, 1.165) is 0 Å². The molecular weight excluding hydrogens is 296 g/mol. The fourth-order valence-electron chi connectivity index (χ4n) is 2.27. The lowest BCUT2D eigenvalue weighted by Crippen LogP contribution is -2.39. The number of amides is 1. The predicted octanol–water partition coefficient (Wildman–Crippen LogP) is 1.53. The molecule has 6 nitrogen and oxygen atoms in total. The van der Waals surface area contributed by atoms with Gasteiger partial charge >= 0.3 is 0 Å². The van der Waals surface area contributed by atoms with E-state index in [9.17, 15) is 4.79 Å². The minimum atomic E-state index is -0.251. The van der Waals surface area contributed by atoms with Gasteiger partial charge in [-0.3, -0.25) is 4.79 Å². The van der Waals surface area contributed by atoms with Gasteiger partial charge in [0.05, 0.1) is 44.1 Å². The van der Waals surface area contributed by atoms with Crippen molar-refractivity contribution in [3.8, 4) is 11.5 Å². The molecule has 2 rings (SSSR count). The summed E-state index contributed by atoms with van der Waals surface area (Å²) in [6.07, 6.45) is 0.